The summed E-state index contributed by atoms with van der Waals surface area (Å²) >= 11 is 3.58. The van der Waals surface area contributed by atoms with Gasteiger partial charge in [0.1, 0.15) is 0 Å². The molecule has 2 atom stereocenters. The third kappa shape index (κ3) is 3.07. The third-order valence-corrected chi connectivity index (χ3v) is 3.95. The van der Waals surface area contributed by atoms with Crippen molar-refractivity contribution in [3.05, 3.63) is 34.3 Å². The Bertz CT molecular complexity index is 364. The molecule has 94 valence electrons. The van der Waals surface area contributed by atoms with Crippen LogP contribution in [0.15, 0.2) is 28.7 Å². The van der Waals surface area contributed by atoms with Gasteiger partial charge in [0, 0.05) is 30.7 Å². The SMILES string of the molecule is CC(O)C(c1ccccc1Br)N1CCNCC1. The minimum atomic E-state index is -0.369. The molecular weight excluding hydrogens is 280 g/mol. The van der Waals surface area contributed by atoms with E-state index >= 15 is 0 Å². The quantitative estimate of drug-likeness (QED) is 0.893. The maximum absolute atomic E-state index is 10.1. The normalized spacial score (nSPS) is 21.1. The summed E-state index contributed by atoms with van der Waals surface area (Å²) in [6, 6.07) is 8.23. The van der Waals surface area contributed by atoms with Crippen molar-refractivity contribution in [2.75, 3.05) is 26.2 Å². The highest BCUT2D eigenvalue weighted by molar-refractivity contribution is 9.10. The monoisotopic (exact) mass is 298 g/mol. The molecule has 0 amide bonds. The van der Waals surface area contributed by atoms with Gasteiger partial charge in [-0.25, -0.2) is 0 Å². The van der Waals surface area contributed by atoms with Crippen molar-refractivity contribution in [1.82, 2.24) is 10.2 Å². The molecule has 0 spiro atoms. The fraction of sp³-hybridized carbons (Fsp3) is 0.538. The summed E-state index contributed by atoms with van der Waals surface area (Å²) in [6.45, 7) is 5.82. The Hall–Kier alpha value is -0.420. The molecular formula is C13H19BrN2O. The minimum absolute atomic E-state index is 0.0766. The molecule has 0 saturated carbocycles. The summed E-state index contributed by atoms with van der Waals surface area (Å²) in [7, 11) is 0. The van der Waals surface area contributed by atoms with Crippen LogP contribution in [0.3, 0.4) is 0 Å². The van der Waals surface area contributed by atoms with E-state index in [0.29, 0.717) is 0 Å². The largest absolute Gasteiger partial charge is 0.391 e. The topological polar surface area (TPSA) is 35.5 Å². The predicted octanol–water partition coefficient (Wildman–Crippen LogP) is 1.78. The lowest BCUT2D eigenvalue weighted by molar-refractivity contribution is 0.0521. The Balaban J connectivity index is 2.25. The molecule has 1 saturated heterocycles. The van der Waals surface area contributed by atoms with E-state index in [4.69, 9.17) is 0 Å². The van der Waals surface area contributed by atoms with Crippen LogP contribution in [-0.2, 0) is 0 Å². The summed E-state index contributed by atoms with van der Waals surface area (Å²) in [5.41, 5.74) is 1.17. The standard InChI is InChI=1S/C13H19BrN2O/c1-10(17)13(16-8-6-15-7-9-16)11-4-2-3-5-12(11)14/h2-5,10,13,15,17H,6-9H2,1H3. The van der Waals surface area contributed by atoms with E-state index in [9.17, 15) is 5.11 Å². The van der Waals surface area contributed by atoms with E-state index in [1.54, 1.807) is 0 Å². The molecule has 17 heavy (non-hydrogen) atoms. The smallest absolute Gasteiger partial charge is 0.0709 e. The lowest BCUT2D eigenvalue weighted by Gasteiger charge is -2.37. The number of aliphatic hydroxyl groups excluding tert-OH is 1. The molecule has 1 heterocycles. The Morgan fingerprint density at radius 1 is 1.29 bits per heavy atom. The number of hydrogen-bond donors (Lipinski definition) is 2. The first-order valence-electron chi connectivity index (χ1n) is 6.07. The lowest BCUT2D eigenvalue weighted by atomic mass is 10.00. The van der Waals surface area contributed by atoms with Crippen molar-refractivity contribution >= 4 is 15.9 Å². The molecule has 1 fully saturated rings. The molecule has 0 radical (unpaired) electrons. The van der Waals surface area contributed by atoms with Crippen molar-refractivity contribution in [3.8, 4) is 0 Å². The first kappa shape index (κ1) is 13.0. The molecule has 1 aromatic carbocycles. The fourth-order valence-corrected chi connectivity index (χ4v) is 2.96. The highest BCUT2D eigenvalue weighted by Crippen LogP contribution is 2.30. The number of aliphatic hydroxyl groups is 1. The van der Waals surface area contributed by atoms with Gasteiger partial charge in [-0.05, 0) is 18.6 Å². The Morgan fingerprint density at radius 3 is 2.53 bits per heavy atom. The number of benzene rings is 1. The maximum atomic E-state index is 10.1. The second-order valence-corrected chi connectivity index (χ2v) is 5.35. The summed E-state index contributed by atoms with van der Waals surface area (Å²) in [4.78, 5) is 2.35. The van der Waals surface area contributed by atoms with Gasteiger partial charge in [-0.1, -0.05) is 34.1 Å². The van der Waals surface area contributed by atoms with Crippen molar-refractivity contribution in [2.24, 2.45) is 0 Å². The van der Waals surface area contributed by atoms with Gasteiger partial charge in [-0.2, -0.15) is 0 Å². The average Bonchev–Trinajstić information content (AvgIpc) is 2.33. The zero-order chi connectivity index (χ0) is 12.3. The first-order chi connectivity index (χ1) is 8.20. The van der Waals surface area contributed by atoms with Crippen LogP contribution in [-0.4, -0.2) is 42.3 Å². The average molecular weight is 299 g/mol. The summed E-state index contributed by atoms with van der Waals surface area (Å²) < 4.78 is 1.07. The van der Waals surface area contributed by atoms with Crippen molar-refractivity contribution in [3.63, 3.8) is 0 Å². The van der Waals surface area contributed by atoms with Crippen LogP contribution < -0.4 is 5.32 Å². The van der Waals surface area contributed by atoms with E-state index in [0.717, 1.165) is 30.7 Å². The first-order valence-corrected chi connectivity index (χ1v) is 6.86. The van der Waals surface area contributed by atoms with E-state index in [1.807, 2.05) is 25.1 Å². The molecule has 0 bridgehead atoms. The molecule has 1 aliphatic heterocycles. The zero-order valence-electron chi connectivity index (χ0n) is 10.1. The van der Waals surface area contributed by atoms with Gasteiger partial charge in [0.15, 0.2) is 0 Å². The molecule has 3 nitrogen and oxygen atoms in total. The molecule has 1 aromatic rings. The van der Waals surface area contributed by atoms with Crippen LogP contribution in [0, 0.1) is 0 Å². The van der Waals surface area contributed by atoms with Gasteiger partial charge in [0.25, 0.3) is 0 Å². The van der Waals surface area contributed by atoms with Crippen molar-refractivity contribution in [1.29, 1.82) is 0 Å². The minimum Gasteiger partial charge on any atom is -0.391 e. The second-order valence-electron chi connectivity index (χ2n) is 4.49. The number of nitrogens with one attached hydrogen (secondary N) is 1. The van der Waals surface area contributed by atoms with E-state index < -0.39 is 0 Å². The van der Waals surface area contributed by atoms with Crippen LogP contribution in [0.1, 0.15) is 18.5 Å². The second kappa shape index (κ2) is 5.96. The van der Waals surface area contributed by atoms with Gasteiger partial charge in [0.2, 0.25) is 0 Å². The molecule has 0 aromatic heterocycles. The fourth-order valence-electron chi connectivity index (χ4n) is 2.44. The van der Waals surface area contributed by atoms with Gasteiger partial charge >= 0.3 is 0 Å². The van der Waals surface area contributed by atoms with Gasteiger partial charge < -0.3 is 10.4 Å². The van der Waals surface area contributed by atoms with Gasteiger partial charge in [-0.15, -0.1) is 0 Å². The molecule has 0 aliphatic carbocycles. The molecule has 1 aliphatic rings. The summed E-state index contributed by atoms with van der Waals surface area (Å²) in [5, 5.41) is 13.4. The molecule has 2 rings (SSSR count). The number of hydrogen-bond acceptors (Lipinski definition) is 3. The third-order valence-electron chi connectivity index (χ3n) is 3.23. The number of halogens is 1. The Morgan fingerprint density at radius 2 is 1.94 bits per heavy atom. The lowest BCUT2D eigenvalue weighted by Crippen LogP contribution is -2.47. The van der Waals surface area contributed by atoms with E-state index in [2.05, 4.69) is 32.2 Å². The Kier molecular flexibility index (Phi) is 4.56. The maximum Gasteiger partial charge on any atom is 0.0709 e. The highest BCUT2D eigenvalue weighted by Gasteiger charge is 2.27. The Labute approximate surface area is 111 Å². The van der Waals surface area contributed by atoms with Crippen LogP contribution in [0.4, 0.5) is 0 Å². The van der Waals surface area contributed by atoms with Gasteiger partial charge in [-0.3, -0.25) is 4.90 Å². The number of rotatable bonds is 3. The van der Waals surface area contributed by atoms with Crippen molar-refractivity contribution < 1.29 is 5.11 Å². The van der Waals surface area contributed by atoms with E-state index in [1.165, 1.54) is 5.56 Å². The van der Waals surface area contributed by atoms with Crippen LogP contribution in [0.5, 0.6) is 0 Å². The number of nitrogens with zero attached hydrogens (tertiary/aromatic N) is 1. The number of piperazine rings is 1. The molecule has 4 heteroatoms. The van der Waals surface area contributed by atoms with Crippen molar-refractivity contribution in [2.45, 2.75) is 19.1 Å². The highest BCUT2D eigenvalue weighted by atomic mass is 79.9. The van der Waals surface area contributed by atoms with Crippen LogP contribution >= 0.6 is 15.9 Å². The molecule has 2 N–H and O–H groups in total. The van der Waals surface area contributed by atoms with Gasteiger partial charge in [0.05, 0.1) is 12.1 Å². The summed E-state index contributed by atoms with van der Waals surface area (Å²) in [6.07, 6.45) is -0.369. The van der Waals surface area contributed by atoms with Crippen LogP contribution in [0.2, 0.25) is 0 Å². The van der Waals surface area contributed by atoms with E-state index in [-0.39, 0.29) is 12.1 Å². The summed E-state index contributed by atoms with van der Waals surface area (Å²) in [5.74, 6) is 0. The van der Waals surface area contributed by atoms with Crippen LogP contribution in [0.25, 0.3) is 0 Å². The molecule has 2 unspecified atom stereocenters. The predicted molar refractivity (Wildman–Crippen MR) is 73.0 cm³/mol. The zero-order valence-corrected chi connectivity index (χ0v) is 11.7.